The molecule has 1 aliphatic carbocycles. The third kappa shape index (κ3) is 4.10. The molecule has 0 radical (unpaired) electrons. The Morgan fingerprint density at radius 1 is 1.24 bits per heavy atom. The lowest BCUT2D eigenvalue weighted by Gasteiger charge is -2.40. The van der Waals surface area contributed by atoms with Crippen molar-refractivity contribution in [2.45, 2.75) is 30.6 Å². The number of sulfonamides is 1. The van der Waals surface area contributed by atoms with Gasteiger partial charge in [-0.1, -0.05) is 29.6 Å². The summed E-state index contributed by atoms with van der Waals surface area (Å²) in [6.07, 6.45) is 2.29. The van der Waals surface area contributed by atoms with Crippen LogP contribution in [0.15, 0.2) is 23.1 Å². The third-order valence-corrected chi connectivity index (χ3v) is 5.54. The maximum atomic E-state index is 12.2. The van der Waals surface area contributed by atoms with Gasteiger partial charge in [-0.3, -0.25) is 4.79 Å². The van der Waals surface area contributed by atoms with E-state index < -0.39 is 21.4 Å². The number of carboxylic acid groups (broad SMARTS) is 1. The molecule has 2 rings (SSSR count). The van der Waals surface area contributed by atoms with E-state index in [1.807, 2.05) is 0 Å². The maximum absolute atomic E-state index is 12.2. The summed E-state index contributed by atoms with van der Waals surface area (Å²) in [6.45, 7) is 0.103. The van der Waals surface area contributed by atoms with Gasteiger partial charge in [-0.15, -0.1) is 0 Å². The first-order chi connectivity index (χ1) is 9.72. The quantitative estimate of drug-likeness (QED) is 0.825. The molecule has 0 aliphatic heterocycles. The number of carboxylic acids is 1. The van der Waals surface area contributed by atoms with Crippen molar-refractivity contribution in [1.29, 1.82) is 0 Å². The molecule has 2 N–H and O–H groups in total. The molecule has 8 heteroatoms. The van der Waals surface area contributed by atoms with Gasteiger partial charge in [0.25, 0.3) is 0 Å². The van der Waals surface area contributed by atoms with Gasteiger partial charge in [0.05, 0.1) is 11.3 Å². The zero-order valence-corrected chi connectivity index (χ0v) is 13.4. The van der Waals surface area contributed by atoms with Crippen molar-refractivity contribution in [3.8, 4) is 0 Å². The lowest BCUT2D eigenvalue weighted by molar-refractivity contribution is -0.141. The van der Waals surface area contributed by atoms with Crippen LogP contribution in [0.2, 0.25) is 10.0 Å². The molecule has 21 heavy (non-hydrogen) atoms. The number of benzene rings is 1. The fourth-order valence-corrected chi connectivity index (χ4v) is 4.31. The van der Waals surface area contributed by atoms with E-state index in [2.05, 4.69) is 4.72 Å². The van der Waals surface area contributed by atoms with E-state index in [1.165, 1.54) is 18.2 Å². The minimum Gasteiger partial charge on any atom is -0.481 e. The van der Waals surface area contributed by atoms with E-state index in [9.17, 15) is 13.2 Å². The first-order valence-corrected chi connectivity index (χ1v) is 8.64. The summed E-state index contributed by atoms with van der Waals surface area (Å²) >= 11 is 11.6. The van der Waals surface area contributed by atoms with Crippen molar-refractivity contribution in [1.82, 2.24) is 4.72 Å². The predicted molar refractivity (Wildman–Crippen MR) is 80.2 cm³/mol. The zero-order valence-electron chi connectivity index (χ0n) is 11.1. The van der Waals surface area contributed by atoms with Crippen molar-refractivity contribution in [3.63, 3.8) is 0 Å². The summed E-state index contributed by atoms with van der Waals surface area (Å²) in [5.74, 6) is -0.917. The standard InChI is InChI=1S/C13H15Cl2NO4S/c14-9-4-10(15)6-11(5-9)21(19,20)16-8-13(2-1-3-13)7-12(17)18/h4-6,16H,1-3,7-8H2,(H,17,18). The number of aliphatic carboxylic acids is 1. The summed E-state index contributed by atoms with van der Waals surface area (Å²) in [7, 11) is -3.76. The Labute approximate surface area is 133 Å². The van der Waals surface area contributed by atoms with Gasteiger partial charge in [-0.25, -0.2) is 13.1 Å². The van der Waals surface area contributed by atoms with Crippen LogP contribution in [0.25, 0.3) is 0 Å². The number of carbonyl (C=O) groups is 1. The van der Waals surface area contributed by atoms with Gasteiger partial charge in [0.1, 0.15) is 0 Å². The van der Waals surface area contributed by atoms with Gasteiger partial charge in [0, 0.05) is 16.6 Å². The van der Waals surface area contributed by atoms with Gasteiger partial charge >= 0.3 is 5.97 Å². The van der Waals surface area contributed by atoms with Crippen LogP contribution in [-0.4, -0.2) is 26.0 Å². The van der Waals surface area contributed by atoms with Gasteiger partial charge in [-0.05, 0) is 36.5 Å². The minimum atomic E-state index is -3.76. The van der Waals surface area contributed by atoms with Crippen LogP contribution in [0, 0.1) is 5.41 Å². The smallest absolute Gasteiger partial charge is 0.303 e. The number of hydrogen-bond acceptors (Lipinski definition) is 3. The Morgan fingerprint density at radius 2 is 1.81 bits per heavy atom. The Hall–Kier alpha value is -0.820. The van der Waals surface area contributed by atoms with E-state index in [0.717, 1.165) is 6.42 Å². The van der Waals surface area contributed by atoms with Gasteiger partial charge < -0.3 is 5.11 Å². The van der Waals surface area contributed by atoms with Crippen LogP contribution in [-0.2, 0) is 14.8 Å². The summed E-state index contributed by atoms with van der Waals surface area (Å²) in [5.41, 5.74) is -0.485. The van der Waals surface area contributed by atoms with Crippen molar-refractivity contribution in [2.24, 2.45) is 5.41 Å². The monoisotopic (exact) mass is 351 g/mol. The number of rotatable bonds is 6. The topological polar surface area (TPSA) is 83.5 Å². The molecule has 0 atom stereocenters. The van der Waals surface area contributed by atoms with Crippen molar-refractivity contribution < 1.29 is 18.3 Å². The molecule has 0 saturated heterocycles. The van der Waals surface area contributed by atoms with Gasteiger partial charge in [0.2, 0.25) is 10.0 Å². The molecule has 1 aromatic carbocycles. The number of hydrogen-bond donors (Lipinski definition) is 2. The second kappa shape index (κ2) is 6.12. The van der Waals surface area contributed by atoms with E-state index in [1.54, 1.807) is 0 Å². The normalized spacial score (nSPS) is 17.2. The molecule has 0 heterocycles. The predicted octanol–water partition coefficient (Wildman–Crippen LogP) is 2.92. The van der Waals surface area contributed by atoms with Crippen LogP contribution >= 0.6 is 23.2 Å². The first-order valence-electron chi connectivity index (χ1n) is 6.40. The van der Waals surface area contributed by atoms with E-state index in [0.29, 0.717) is 12.8 Å². The molecule has 1 aliphatic rings. The Balaban J connectivity index is 2.12. The molecule has 0 unspecified atom stereocenters. The molecule has 1 saturated carbocycles. The molecule has 5 nitrogen and oxygen atoms in total. The second-order valence-corrected chi connectivity index (χ2v) is 7.99. The van der Waals surface area contributed by atoms with Gasteiger partial charge in [-0.2, -0.15) is 0 Å². The Morgan fingerprint density at radius 3 is 2.24 bits per heavy atom. The van der Waals surface area contributed by atoms with Crippen molar-refractivity contribution in [2.75, 3.05) is 6.54 Å². The second-order valence-electron chi connectivity index (χ2n) is 5.35. The van der Waals surface area contributed by atoms with Crippen molar-refractivity contribution in [3.05, 3.63) is 28.2 Å². The highest BCUT2D eigenvalue weighted by molar-refractivity contribution is 7.89. The summed E-state index contributed by atoms with van der Waals surface area (Å²) in [5, 5.41) is 9.38. The molecule has 116 valence electrons. The van der Waals surface area contributed by atoms with Crippen LogP contribution in [0.3, 0.4) is 0 Å². The summed E-state index contributed by atoms with van der Waals surface area (Å²) in [4.78, 5) is 10.9. The lowest BCUT2D eigenvalue weighted by atomic mass is 9.67. The van der Waals surface area contributed by atoms with E-state index in [4.69, 9.17) is 28.3 Å². The highest BCUT2D eigenvalue weighted by Crippen LogP contribution is 2.43. The average Bonchev–Trinajstić information content (AvgIpc) is 2.31. The van der Waals surface area contributed by atoms with Gasteiger partial charge in [0.15, 0.2) is 0 Å². The SMILES string of the molecule is O=C(O)CC1(CNS(=O)(=O)c2cc(Cl)cc(Cl)c2)CCC1. The van der Waals surface area contributed by atoms with E-state index >= 15 is 0 Å². The van der Waals surface area contributed by atoms with Crippen molar-refractivity contribution >= 4 is 39.2 Å². The molecular formula is C13H15Cl2NO4S. The third-order valence-electron chi connectivity index (χ3n) is 3.72. The largest absolute Gasteiger partial charge is 0.481 e. The Kier molecular flexibility index (Phi) is 4.82. The molecule has 0 aromatic heterocycles. The lowest BCUT2D eigenvalue weighted by Crippen LogP contribution is -2.43. The highest BCUT2D eigenvalue weighted by Gasteiger charge is 2.39. The molecule has 1 aromatic rings. The zero-order chi connectivity index (χ0) is 15.7. The van der Waals surface area contributed by atoms with Crippen LogP contribution in [0.5, 0.6) is 0 Å². The van der Waals surface area contributed by atoms with Crippen LogP contribution in [0.1, 0.15) is 25.7 Å². The first kappa shape index (κ1) is 16.5. The molecule has 0 bridgehead atoms. The maximum Gasteiger partial charge on any atom is 0.303 e. The number of nitrogens with one attached hydrogen (secondary N) is 1. The molecule has 0 spiro atoms. The summed E-state index contributed by atoms with van der Waals surface area (Å²) < 4.78 is 26.9. The van der Waals surface area contributed by atoms with E-state index in [-0.39, 0.29) is 27.9 Å². The average molecular weight is 352 g/mol. The molecular weight excluding hydrogens is 337 g/mol. The van der Waals surface area contributed by atoms with Crippen LogP contribution in [0.4, 0.5) is 0 Å². The summed E-state index contributed by atoms with van der Waals surface area (Å²) in [6, 6.07) is 4.06. The Bertz CT molecular complexity index is 636. The minimum absolute atomic E-state index is 0.0233. The fraction of sp³-hybridized carbons (Fsp3) is 0.462. The molecule has 0 amide bonds. The fourth-order valence-electron chi connectivity index (χ4n) is 2.43. The van der Waals surface area contributed by atoms with Crippen LogP contribution < -0.4 is 4.72 Å². The molecule has 1 fully saturated rings. The number of halogens is 2. The highest BCUT2D eigenvalue weighted by atomic mass is 35.5.